The molecule has 1 aromatic heterocycles. The van der Waals surface area contributed by atoms with E-state index in [1.165, 1.54) is 11.3 Å². The largest absolute Gasteiger partial charge is 0.478 e. The average molecular weight is 231 g/mol. The number of benzene rings is 1. The van der Waals surface area contributed by atoms with Crippen molar-refractivity contribution in [3.05, 3.63) is 52.5 Å². The Morgan fingerprint density at radius 3 is 2.62 bits per heavy atom. The van der Waals surface area contributed by atoms with Crippen LogP contribution >= 0.6 is 11.3 Å². The minimum absolute atomic E-state index is 0.260. The molecule has 0 unspecified atom stereocenters. The summed E-state index contributed by atoms with van der Waals surface area (Å²) in [4.78, 5) is 15.2. The Balaban J connectivity index is 2.43. The second-order valence-corrected chi connectivity index (χ2v) is 4.03. The fraction of sp³-hybridized carbons (Fsp3) is 0. The second-order valence-electron chi connectivity index (χ2n) is 3.10. The van der Waals surface area contributed by atoms with Crippen molar-refractivity contribution in [3.8, 4) is 0 Å². The topological polar surface area (TPSA) is 50.2 Å². The highest BCUT2D eigenvalue weighted by molar-refractivity contribution is 7.10. The van der Waals surface area contributed by atoms with E-state index in [4.69, 9.17) is 5.11 Å². The lowest BCUT2D eigenvalue weighted by molar-refractivity contribution is -0.130. The lowest BCUT2D eigenvalue weighted by Gasteiger charge is -2.00. The summed E-state index contributed by atoms with van der Waals surface area (Å²) >= 11 is 1.41. The van der Waals surface area contributed by atoms with Gasteiger partial charge in [0.05, 0.1) is 5.57 Å². The molecular weight excluding hydrogens is 222 g/mol. The lowest BCUT2D eigenvalue weighted by Crippen LogP contribution is -1.99. The Labute approximate surface area is 96.7 Å². The smallest absolute Gasteiger partial charge is 0.336 e. The number of aromatic nitrogens is 1. The summed E-state index contributed by atoms with van der Waals surface area (Å²) in [6.45, 7) is 0. The van der Waals surface area contributed by atoms with Crippen LogP contribution in [0.3, 0.4) is 0 Å². The van der Waals surface area contributed by atoms with E-state index in [0.717, 1.165) is 0 Å². The zero-order chi connectivity index (χ0) is 11.4. The van der Waals surface area contributed by atoms with Crippen LogP contribution in [0.4, 0.5) is 0 Å². The number of hydrogen-bond acceptors (Lipinski definition) is 3. The fourth-order valence-electron chi connectivity index (χ4n) is 1.32. The standard InChI is InChI=1S/C12H9NO2S/c14-12(15)10(8-11-13-6-7-16-11)9-4-2-1-3-5-9/h1-8H,(H,14,15)/b10-8-. The van der Waals surface area contributed by atoms with Crippen LogP contribution in [0.1, 0.15) is 10.6 Å². The fourth-order valence-corrected chi connectivity index (χ4v) is 1.88. The molecule has 0 atom stereocenters. The van der Waals surface area contributed by atoms with Crippen molar-refractivity contribution in [1.29, 1.82) is 0 Å². The van der Waals surface area contributed by atoms with Gasteiger partial charge in [0, 0.05) is 11.6 Å². The number of thiazole rings is 1. The lowest BCUT2D eigenvalue weighted by atomic mass is 10.1. The van der Waals surface area contributed by atoms with Gasteiger partial charge in [-0.1, -0.05) is 30.3 Å². The van der Waals surface area contributed by atoms with Gasteiger partial charge in [0.2, 0.25) is 0 Å². The number of carboxylic acid groups (broad SMARTS) is 1. The second kappa shape index (κ2) is 4.72. The van der Waals surface area contributed by atoms with Crippen molar-refractivity contribution in [1.82, 2.24) is 4.98 Å². The van der Waals surface area contributed by atoms with Gasteiger partial charge in [-0.2, -0.15) is 0 Å². The van der Waals surface area contributed by atoms with E-state index in [1.54, 1.807) is 24.4 Å². The van der Waals surface area contributed by atoms with Gasteiger partial charge in [-0.05, 0) is 11.6 Å². The van der Waals surface area contributed by atoms with Crippen molar-refractivity contribution in [2.45, 2.75) is 0 Å². The van der Waals surface area contributed by atoms with E-state index in [-0.39, 0.29) is 5.57 Å². The molecule has 0 radical (unpaired) electrons. The van der Waals surface area contributed by atoms with Gasteiger partial charge in [0.1, 0.15) is 5.01 Å². The maximum Gasteiger partial charge on any atom is 0.336 e. The molecule has 0 spiro atoms. The normalized spacial score (nSPS) is 11.4. The summed E-state index contributed by atoms with van der Waals surface area (Å²) in [5.41, 5.74) is 0.945. The monoisotopic (exact) mass is 231 g/mol. The number of nitrogens with zero attached hydrogens (tertiary/aromatic N) is 1. The third kappa shape index (κ3) is 2.35. The molecule has 16 heavy (non-hydrogen) atoms. The van der Waals surface area contributed by atoms with Crippen LogP contribution in [0.5, 0.6) is 0 Å². The number of hydrogen-bond donors (Lipinski definition) is 1. The van der Waals surface area contributed by atoms with Gasteiger partial charge in [0.15, 0.2) is 0 Å². The molecule has 0 aliphatic rings. The number of carbonyl (C=O) groups is 1. The molecule has 0 bridgehead atoms. The van der Waals surface area contributed by atoms with Gasteiger partial charge in [-0.15, -0.1) is 11.3 Å². The van der Waals surface area contributed by atoms with Gasteiger partial charge in [0.25, 0.3) is 0 Å². The summed E-state index contributed by atoms with van der Waals surface area (Å²) in [5.74, 6) is -0.943. The van der Waals surface area contributed by atoms with Crippen LogP contribution in [0, 0.1) is 0 Å². The minimum atomic E-state index is -0.943. The Hall–Kier alpha value is -1.94. The van der Waals surface area contributed by atoms with E-state index in [1.807, 2.05) is 23.6 Å². The summed E-state index contributed by atoms with van der Waals surface area (Å²) in [5, 5.41) is 11.6. The molecule has 80 valence electrons. The van der Waals surface area contributed by atoms with E-state index in [0.29, 0.717) is 10.6 Å². The van der Waals surface area contributed by atoms with Crippen LogP contribution in [0.25, 0.3) is 11.6 Å². The predicted molar refractivity (Wildman–Crippen MR) is 64.1 cm³/mol. The SMILES string of the molecule is O=C(O)/C(=C\c1nccs1)c1ccccc1. The first-order valence-electron chi connectivity index (χ1n) is 4.67. The van der Waals surface area contributed by atoms with Crippen LogP contribution in [-0.2, 0) is 4.79 Å². The molecule has 1 aromatic carbocycles. The first kappa shape index (κ1) is 10.6. The molecule has 3 nitrogen and oxygen atoms in total. The molecule has 1 heterocycles. The number of aliphatic carboxylic acids is 1. The van der Waals surface area contributed by atoms with Crippen LogP contribution in [0.2, 0.25) is 0 Å². The molecule has 0 aliphatic carbocycles. The average Bonchev–Trinajstić information content (AvgIpc) is 2.79. The van der Waals surface area contributed by atoms with E-state index < -0.39 is 5.97 Å². The van der Waals surface area contributed by atoms with Crippen molar-refractivity contribution in [2.75, 3.05) is 0 Å². The molecule has 0 fully saturated rings. The Bertz CT molecular complexity index is 503. The summed E-state index contributed by atoms with van der Waals surface area (Å²) in [6, 6.07) is 9.02. The van der Waals surface area contributed by atoms with E-state index in [9.17, 15) is 4.79 Å². The molecule has 2 rings (SSSR count). The highest BCUT2D eigenvalue weighted by Gasteiger charge is 2.10. The molecule has 0 saturated carbocycles. The first-order valence-corrected chi connectivity index (χ1v) is 5.55. The zero-order valence-electron chi connectivity index (χ0n) is 8.33. The molecule has 1 N–H and O–H groups in total. The molecule has 4 heteroatoms. The highest BCUT2D eigenvalue weighted by Crippen LogP contribution is 2.19. The Kier molecular flexibility index (Phi) is 3.12. The molecular formula is C12H9NO2S. The van der Waals surface area contributed by atoms with Gasteiger partial charge < -0.3 is 5.11 Å². The predicted octanol–water partition coefficient (Wildman–Crippen LogP) is 2.77. The third-order valence-electron chi connectivity index (χ3n) is 2.03. The van der Waals surface area contributed by atoms with Crippen molar-refractivity contribution < 1.29 is 9.90 Å². The van der Waals surface area contributed by atoms with Crippen molar-refractivity contribution >= 4 is 29.0 Å². The van der Waals surface area contributed by atoms with Crippen molar-refractivity contribution in [2.24, 2.45) is 0 Å². The quantitative estimate of drug-likeness (QED) is 0.826. The summed E-state index contributed by atoms with van der Waals surface area (Å²) in [7, 11) is 0. The highest BCUT2D eigenvalue weighted by atomic mass is 32.1. The van der Waals surface area contributed by atoms with Crippen molar-refractivity contribution in [3.63, 3.8) is 0 Å². The van der Waals surface area contributed by atoms with Crippen LogP contribution in [0.15, 0.2) is 41.9 Å². The van der Waals surface area contributed by atoms with Gasteiger partial charge in [-0.3, -0.25) is 0 Å². The molecule has 0 saturated heterocycles. The molecule has 0 amide bonds. The van der Waals surface area contributed by atoms with Crippen LogP contribution < -0.4 is 0 Å². The van der Waals surface area contributed by atoms with Crippen LogP contribution in [-0.4, -0.2) is 16.1 Å². The van der Waals surface area contributed by atoms with Gasteiger partial charge >= 0.3 is 5.97 Å². The van der Waals surface area contributed by atoms with E-state index in [2.05, 4.69) is 4.98 Å². The summed E-state index contributed by atoms with van der Waals surface area (Å²) < 4.78 is 0. The minimum Gasteiger partial charge on any atom is -0.478 e. The number of carboxylic acids is 1. The summed E-state index contributed by atoms with van der Waals surface area (Å²) in [6.07, 6.45) is 3.24. The maximum absolute atomic E-state index is 11.1. The van der Waals surface area contributed by atoms with E-state index >= 15 is 0 Å². The third-order valence-corrected chi connectivity index (χ3v) is 2.76. The number of rotatable bonds is 3. The first-order chi connectivity index (χ1) is 7.77. The zero-order valence-corrected chi connectivity index (χ0v) is 9.15. The van der Waals surface area contributed by atoms with Gasteiger partial charge in [-0.25, -0.2) is 9.78 Å². The Morgan fingerprint density at radius 2 is 2.06 bits per heavy atom. The maximum atomic E-state index is 11.1. The molecule has 0 aliphatic heterocycles. The Morgan fingerprint density at radius 1 is 1.31 bits per heavy atom. The molecule has 2 aromatic rings.